The van der Waals surface area contributed by atoms with Crippen LogP contribution in [0.1, 0.15) is 53.4 Å². The highest BCUT2D eigenvalue weighted by Gasteiger charge is 2.20. The molecule has 2 rings (SSSR count). The average molecular weight is 275 g/mol. The molecule has 0 aliphatic carbocycles. The molecule has 112 valence electrons. The third-order valence-corrected chi connectivity index (χ3v) is 3.87. The second-order valence-corrected chi connectivity index (χ2v) is 6.98. The van der Waals surface area contributed by atoms with Crippen LogP contribution < -0.4 is 10.2 Å². The summed E-state index contributed by atoms with van der Waals surface area (Å²) in [5, 5.41) is 3.45. The molecule has 0 radical (unpaired) electrons. The van der Waals surface area contributed by atoms with Gasteiger partial charge in [0.2, 0.25) is 0 Å². The summed E-state index contributed by atoms with van der Waals surface area (Å²) in [6, 6.07) is 6.29. The van der Waals surface area contributed by atoms with E-state index < -0.39 is 0 Å². The van der Waals surface area contributed by atoms with Crippen molar-refractivity contribution in [3.8, 4) is 0 Å². The van der Waals surface area contributed by atoms with E-state index in [1.807, 2.05) is 0 Å². The molecule has 1 aliphatic heterocycles. The lowest BCUT2D eigenvalue weighted by Crippen LogP contribution is -2.34. The van der Waals surface area contributed by atoms with Crippen molar-refractivity contribution in [3.63, 3.8) is 0 Å². The monoisotopic (exact) mass is 275 g/mol. The smallest absolute Gasteiger partial charge is 0.130 e. The molecule has 0 aromatic carbocycles. The van der Waals surface area contributed by atoms with E-state index in [9.17, 15) is 0 Å². The van der Waals surface area contributed by atoms with Crippen LogP contribution in [0.25, 0.3) is 0 Å². The number of hydrogen-bond acceptors (Lipinski definition) is 3. The summed E-state index contributed by atoms with van der Waals surface area (Å²) in [4.78, 5) is 7.20. The van der Waals surface area contributed by atoms with E-state index >= 15 is 0 Å². The fraction of sp³-hybridized carbons (Fsp3) is 0.706. The molecule has 0 amide bonds. The normalized spacial score (nSPS) is 17.3. The van der Waals surface area contributed by atoms with Gasteiger partial charge >= 0.3 is 0 Å². The minimum atomic E-state index is 0.0553. The number of anilines is 2. The molecular formula is C17H29N3. The standard InChI is InChI=1S/C17H29N3/c1-5-7-14-10-12-20(13-11-14)16-9-6-8-15(18-16)19-17(2,3)4/h6,8-9,14H,5,7,10-13H2,1-4H3,(H,18,19). The van der Waals surface area contributed by atoms with E-state index in [-0.39, 0.29) is 5.54 Å². The molecule has 1 fully saturated rings. The van der Waals surface area contributed by atoms with Crippen molar-refractivity contribution >= 4 is 11.6 Å². The van der Waals surface area contributed by atoms with Gasteiger partial charge in [0.15, 0.2) is 0 Å². The van der Waals surface area contributed by atoms with Crippen molar-refractivity contribution < 1.29 is 0 Å². The quantitative estimate of drug-likeness (QED) is 0.887. The van der Waals surface area contributed by atoms with Crippen LogP contribution in [0.3, 0.4) is 0 Å². The Bertz CT molecular complexity index is 414. The second kappa shape index (κ2) is 6.47. The summed E-state index contributed by atoms with van der Waals surface area (Å²) in [7, 11) is 0. The van der Waals surface area contributed by atoms with Crippen LogP contribution in [-0.4, -0.2) is 23.6 Å². The summed E-state index contributed by atoms with van der Waals surface area (Å²) in [5.41, 5.74) is 0.0553. The molecule has 0 unspecified atom stereocenters. The van der Waals surface area contributed by atoms with Gasteiger partial charge in [0, 0.05) is 18.6 Å². The molecular weight excluding hydrogens is 246 g/mol. The van der Waals surface area contributed by atoms with Crippen LogP contribution >= 0.6 is 0 Å². The predicted molar refractivity (Wildman–Crippen MR) is 87.5 cm³/mol. The number of nitrogens with one attached hydrogen (secondary N) is 1. The van der Waals surface area contributed by atoms with Crippen LogP contribution in [0.4, 0.5) is 11.6 Å². The third-order valence-electron chi connectivity index (χ3n) is 3.87. The van der Waals surface area contributed by atoms with Crippen molar-refractivity contribution in [2.75, 3.05) is 23.3 Å². The zero-order valence-electron chi connectivity index (χ0n) is 13.4. The first-order valence-electron chi connectivity index (χ1n) is 7.98. The largest absolute Gasteiger partial charge is 0.365 e. The lowest BCUT2D eigenvalue weighted by atomic mass is 9.92. The van der Waals surface area contributed by atoms with E-state index in [2.05, 4.69) is 56.1 Å². The van der Waals surface area contributed by atoms with Crippen molar-refractivity contribution in [2.45, 2.75) is 58.9 Å². The number of piperidine rings is 1. The maximum atomic E-state index is 4.77. The van der Waals surface area contributed by atoms with Crippen LogP contribution in [-0.2, 0) is 0 Å². The highest BCUT2D eigenvalue weighted by Crippen LogP contribution is 2.26. The molecule has 3 heteroatoms. The van der Waals surface area contributed by atoms with Crippen molar-refractivity contribution in [3.05, 3.63) is 18.2 Å². The maximum Gasteiger partial charge on any atom is 0.130 e. The summed E-state index contributed by atoms with van der Waals surface area (Å²) >= 11 is 0. The fourth-order valence-corrected chi connectivity index (χ4v) is 2.91. The van der Waals surface area contributed by atoms with Crippen molar-refractivity contribution in [2.24, 2.45) is 5.92 Å². The zero-order chi connectivity index (χ0) is 14.6. The second-order valence-electron chi connectivity index (χ2n) is 6.98. The Morgan fingerprint density at radius 3 is 2.55 bits per heavy atom. The predicted octanol–water partition coefficient (Wildman–Crippen LogP) is 4.31. The SMILES string of the molecule is CCCC1CCN(c2cccc(NC(C)(C)C)n2)CC1. The minimum Gasteiger partial charge on any atom is -0.365 e. The van der Waals surface area contributed by atoms with E-state index in [1.54, 1.807) is 0 Å². The highest BCUT2D eigenvalue weighted by atomic mass is 15.2. The van der Waals surface area contributed by atoms with Gasteiger partial charge in [0.25, 0.3) is 0 Å². The molecule has 1 aliphatic rings. The Morgan fingerprint density at radius 2 is 1.95 bits per heavy atom. The number of aromatic nitrogens is 1. The van der Waals surface area contributed by atoms with Crippen LogP contribution in [0, 0.1) is 5.92 Å². The van der Waals surface area contributed by atoms with Gasteiger partial charge in [-0.2, -0.15) is 0 Å². The Hall–Kier alpha value is -1.25. The molecule has 2 heterocycles. The van der Waals surface area contributed by atoms with E-state index in [1.165, 1.54) is 25.7 Å². The van der Waals surface area contributed by atoms with Crippen LogP contribution in [0.5, 0.6) is 0 Å². The minimum absolute atomic E-state index is 0.0553. The first-order chi connectivity index (χ1) is 9.48. The topological polar surface area (TPSA) is 28.2 Å². The van der Waals surface area contributed by atoms with E-state index in [0.29, 0.717) is 0 Å². The molecule has 1 aromatic rings. The first kappa shape index (κ1) is 15.1. The van der Waals surface area contributed by atoms with Crippen LogP contribution in [0.2, 0.25) is 0 Å². The number of pyridine rings is 1. The molecule has 0 atom stereocenters. The van der Waals surface area contributed by atoms with Gasteiger partial charge in [-0.3, -0.25) is 0 Å². The van der Waals surface area contributed by atoms with Gasteiger partial charge in [-0.15, -0.1) is 0 Å². The van der Waals surface area contributed by atoms with Crippen LogP contribution in [0.15, 0.2) is 18.2 Å². The molecule has 0 bridgehead atoms. The molecule has 3 nitrogen and oxygen atoms in total. The fourth-order valence-electron chi connectivity index (χ4n) is 2.91. The third kappa shape index (κ3) is 4.39. The van der Waals surface area contributed by atoms with Gasteiger partial charge in [0.1, 0.15) is 11.6 Å². The molecule has 1 N–H and O–H groups in total. The Balaban J connectivity index is 1.98. The Labute approximate surface area is 123 Å². The first-order valence-corrected chi connectivity index (χ1v) is 7.98. The molecule has 0 spiro atoms. The maximum absolute atomic E-state index is 4.77. The Kier molecular flexibility index (Phi) is 4.90. The van der Waals surface area contributed by atoms with Gasteiger partial charge in [-0.05, 0) is 51.7 Å². The zero-order valence-corrected chi connectivity index (χ0v) is 13.4. The molecule has 20 heavy (non-hydrogen) atoms. The average Bonchev–Trinajstić information content (AvgIpc) is 2.38. The van der Waals surface area contributed by atoms with E-state index in [0.717, 1.165) is 30.6 Å². The Morgan fingerprint density at radius 1 is 1.25 bits per heavy atom. The van der Waals surface area contributed by atoms with Crippen molar-refractivity contribution in [1.29, 1.82) is 0 Å². The number of hydrogen-bond donors (Lipinski definition) is 1. The number of nitrogens with zero attached hydrogens (tertiary/aromatic N) is 2. The summed E-state index contributed by atoms with van der Waals surface area (Å²) in [6.07, 6.45) is 5.32. The van der Waals surface area contributed by atoms with Gasteiger partial charge in [0.05, 0.1) is 0 Å². The molecule has 1 saturated heterocycles. The molecule has 0 saturated carbocycles. The summed E-state index contributed by atoms with van der Waals surface area (Å²) < 4.78 is 0. The highest BCUT2D eigenvalue weighted by molar-refractivity contribution is 5.48. The summed E-state index contributed by atoms with van der Waals surface area (Å²) in [5.74, 6) is 3.02. The number of rotatable bonds is 4. The van der Waals surface area contributed by atoms with E-state index in [4.69, 9.17) is 4.98 Å². The summed E-state index contributed by atoms with van der Waals surface area (Å²) in [6.45, 7) is 11.1. The van der Waals surface area contributed by atoms with Crippen molar-refractivity contribution in [1.82, 2.24) is 4.98 Å². The van der Waals surface area contributed by atoms with Gasteiger partial charge < -0.3 is 10.2 Å². The van der Waals surface area contributed by atoms with Gasteiger partial charge in [-0.25, -0.2) is 4.98 Å². The van der Waals surface area contributed by atoms with Gasteiger partial charge in [-0.1, -0.05) is 25.8 Å². The molecule has 1 aromatic heterocycles. The lowest BCUT2D eigenvalue weighted by Gasteiger charge is -2.33. The lowest BCUT2D eigenvalue weighted by molar-refractivity contribution is 0.377.